The first-order valence-corrected chi connectivity index (χ1v) is 17.6. The summed E-state index contributed by atoms with van der Waals surface area (Å²) in [6, 6.07) is 62.5. The zero-order valence-corrected chi connectivity index (χ0v) is 28.2. The Hall–Kier alpha value is -6.97. The van der Waals surface area contributed by atoms with Crippen molar-refractivity contribution in [2.75, 3.05) is 0 Å². The number of aromatic nitrogens is 3. The molecule has 52 heavy (non-hydrogen) atoms. The molecule has 3 nitrogen and oxygen atoms in total. The van der Waals surface area contributed by atoms with Gasteiger partial charge in [-0.2, -0.15) is 0 Å². The Morgan fingerprint density at radius 3 is 1.46 bits per heavy atom. The molecule has 3 heteroatoms. The molecule has 0 atom stereocenters. The summed E-state index contributed by atoms with van der Waals surface area (Å²) in [6.45, 7) is 0. The molecule has 0 radical (unpaired) electrons. The molecule has 0 bridgehead atoms. The highest BCUT2D eigenvalue weighted by molar-refractivity contribution is 6.32. The van der Waals surface area contributed by atoms with Crippen LogP contribution in [0.3, 0.4) is 0 Å². The molecule has 0 fully saturated rings. The minimum Gasteiger partial charge on any atom is -0.264 e. The Balaban J connectivity index is 1.22. The lowest BCUT2D eigenvalue weighted by atomic mass is 9.88. The third kappa shape index (κ3) is 5.10. The van der Waals surface area contributed by atoms with Gasteiger partial charge in [-0.25, -0.2) is 9.97 Å². The number of fused-ring (bicyclic) bond motifs is 8. The van der Waals surface area contributed by atoms with Crippen molar-refractivity contribution in [2.45, 2.75) is 0 Å². The molecule has 2 heterocycles. The number of hydrogen-bond donors (Lipinski definition) is 0. The van der Waals surface area contributed by atoms with Crippen molar-refractivity contribution in [1.29, 1.82) is 0 Å². The quantitative estimate of drug-likeness (QED) is 0.172. The van der Waals surface area contributed by atoms with E-state index >= 15 is 0 Å². The van der Waals surface area contributed by atoms with Crippen molar-refractivity contribution in [1.82, 2.24) is 15.0 Å². The highest BCUT2D eigenvalue weighted by Crippen LogP contribution is 2.43. The van der Waals surface area contributed by atoms with Gasteiger partial charge < -0.3 is 0 Å². The predicted molar refractivity (Wildman–Crippen MR) is 217 cm³/mol. The number of nitrogens with zero attached hydrogens (tertiary/aromatic N) is 3. The van der Waals surface area contributed by atoms with E-state index in [-0.39, 0.29) is 0 Å². The smallest absolute Gasteiger partial charge is 0.160 e. The highest BCUT2D eigenvalue weighted by Gasteiger charge is 2.18. The van der Waals surface area contributed by atoms with Crippen LogP contribution in [0, 0.1) is 0 Å². The SMILES string of the molecule is c1ccc(-c2ccc(-c3cc(-c4cc5c6ccccc6c6ccccc6c5c5ccccc45)nc(-c4ccc(-c5cccnc5)cc4)n3)cc2)cc1. The maximum Gasteiger partial charge on any atom is 0.160 e. The van der Waals surface area contributed by atoms with Crippen molar-refractivity contribution in [3.63, 3.8) is 0 Å². The maximum atomic E-state index is 5.34. The fourth-order valence-corrected chi connectivity index (χ4v) is 7.65. The van der Waals surface area contributed by atoms with Crippen LogP contribution >= 0.6 is 0 Å². The van der Waals surface area contributed by atoms with Crippen LogP contribution in [-0.2, 0) is 0 Å². The van der Waals surface area contributed by atoms with Gasteiger partial charge in [0, 0.05) is 29.1 Å². The van der Waals surface area contributed by atoms with E-state index in [9.17, 15) is 0 Å². The van der Waals surface area contributed by atoms with Crippen LogP contribution in [0.25, 0.3) is 99.2 Å². The molecule has 0 spiro atoms. The van der Waals surface area contributed by atoms with Gasteiger partial charge in [0.2, 0.25) is 0 Å². The standard InChI is InChI=1S/C49H31N3/c1-2-11-32(12-3-1)33-20-24-35(25-21-33)46-30-47(52-49(51-46)36-26-22-34(23-27-36)37-13-10-28-50-31-37)44-29-45-40-16-5-4-14-38(40)39-15-6-8-18-42(39)48(45)43-19-9-7-17-41(43)44/h1-31H. The van der Waals surface area contributed by atoms with Crippen molar-refractivity contribution in [3.8, 4) is 56.2 Å². The lowest BCUT2D eigenvalue weighted by Crippen LogP contribution is -1.97. The minimum absolute atomic E-state index is 0.685. The van der Waals surface area contributed by atoms with Crippen LogP contribution in [-0.4, -0.2) is 15.0 Å². The fraction of sp³-hybridized carbons (Fsp3) is 0. The Kier molecular flexibility index (Phi) is 7.14. The molecule has 2 aromatic heterocycles. The van der Waals surface area contributed by atoms with E-state index in [1.165, 1.54) is 48.8 Å². The Labute approximate surface area is 301 Å². The van der Waals surface area contributed by atoms with E-state index in [1.807, 2.05) is 18.3 Å². The fourth-order valence-electron chi connectivity index (χ4n) is 7.65. The van der Waals surface area contributed by atoms with E-state index < -0.39 is 0 Å². The zero-order valence-electron chi connectivity index (χ0n) is 28.2. The monoisotopic (exact) mass is 661 g/mol. The van der Waals surface area contributed by atoms with Crippen LogP contribution in [0.15, 0.2) is 188 Å². The van der Waals surface area contributed by atoms with E-state index in [4.69, 9.17) is 9.97 Å². The Morgan fingerprint density at radius 1 is 0.308 bits per heavy atom. The second-order valence-electron chi connectivity index (χ2n) is 13.2. The molecule has 242 valence electrons. The average Bonchev–Trinajstić information content (AvgIpc) is 3.24. The second-order valence-corrected chi connectivity index (χ2v) is 13.2. The minimum atomic E-state index is 0.685. The lowest BCUT2D eigenvalue weighted by molar-refractivity contribution is 1.19. The van der Waals surface area contributed by atoms with Gasteiger partial charge >= 0.3 is 0 Å². The summed E-state index contributed by atoms with van der Waals surface area (Å²) in [4.78, 5) is 14.9. The third-order valence-electron chi connectivity index (χ3n) is 10.2. The second kappa shape index (κ2) is 12.4. The summed E-state index contributed by atoms with van der Waals surface area (Å²) in [5, 5.41) is 9.88. The summed E-state index contributed by atoms with van der Waals surface area (Å²) in [5.74, 6) is 0.685. The zero-order chi connectivity index (χ0) is 34.4. The van der Waals surface area contributed by atoms with Crippen molar-refractivity contribution >= 4 is 43.1 Å². The van der Waals surface area contributed by atoms with E-state index in [2.05, 4.69) is 169 Å². The predicted octanol–water partition coefficient (Wildman–Crippen LogP) is 12.8. The lowest BCUT2D eigenvalue weighted by Gasteiger charge is -2.17. The van der Waals surface area contributed by atoms with E-state index in [1.54, 1.807) is 6.20 Å². The van der Waals surface area contributed by atoms with Gasteiger partial charge in [-0.15, -0.1) is 0 Å². The molecule has 0 aliphatic rings. The Bertz CT molecular complexity index is 2820. The van der Waals surface area contributed by atoms with Crippen LogP contribution in [0.1, 0.15) is 0 Å². The van der Waals surface area contributed by atoms with Gasteiger partial charge in [0.25, 0.3) is 0 Å². The highest BCUT2D eigenvalue weighted by atomic mass is 14.9. The summed E-state index contributed by atoms with van der Waals surface area (Å²) < 4.78 is 0. The number of pyridine rings is 1. The molecular weight excluding hydrogens is 631 g/mol. The van der Waals surface area contributed by atoms with Gasteiger partial charge in [-0.3, -0.25) is 4.98 Å². The third-order valence-corrected chi connectivity index (χ3v) is 10.2. The summed E-state index contributed by atoms with van der Waals surface area (Å²) in [7, 11) is 0. The maximum absolute atomic E-state index is 5.34. The molecule has 0 aliphatic carbocycles. The molecule has 8 aromatic carbocycles. The van der Waals surface area contributed by atoms with Crippen molar-refractivity contribution in [2.24, 2.45) is 0 Å². The first kappa shape index (κ1) is 29.9. The van der Waals surface area contributed by atoms with Gasteiger partial charge in [-0.05, 0) is 83.5 Å². The van der Waals surface area contributed by atoms with Gasteiger partial charge in [-0.1, -0.05) is 158 Å². The summed E-state index contributed by atoms with van der Waals surface area (Å²) in [6.07, 6.45) is 3.69. The number of rotatable bonds is 5. The molecule has 0 N–H and O–H groups in total. The number of benzene rings is 8. The van der Waals surface area contributed by atoms with Crippen LogP contribution < -0.4 is 0 Å². The van der Waals surface area contributed by atoms with Crippen molar-refractivity contribution in [3.05, 3.63) is 188 Å². The molecule has 10 rings (SSSR count). The molecule has 0 saturated carbocycles. The number of hydrogen-bond acceptors (Lipinski definition) is 3. The van der Waals surface area contributed by atoms with Gasteiger partial charge in [0.15, 0.2) is 5.82 Å². The van der Waals surface area contributed by atoms with Gasteiger partial charge in [0.1, 0.15) is 0 Å². The van der Waals surface area contributed by atoms with Gasteiger partial charge in [0.05, 0.1) is 11.4 Å². The molecule has 0 amide bonds. The van der Waals surface area contributed by atoms with Crippen LogP contribution in [0.5, 0.6) is 0 Å². The van der Waals surface area contributed by atoms with E-state index in [0.29, 0.717) is 5.82 Å². The molecule has 0 aliphatic heterocycles. The largest absolute Gasteiger partial charge is 0.264 e. The van der Waals surface area contributed by atoms with Crippen molar-refractivity contribution < 1.29 is 0 Å². The first-order valence-electron chi connectivity index (χ1n) is 17.6. The topological polar surface area (TPSA) is 38.7 Å². The average molecular weight is 662 g/mol. The van der Waals surface area contributed by atoms with E-state index in [0.717, 1.165) is 44.6 Å². The first-order chi connectivity index (χ1) is 25.8. The Morgan fingerprint density at radius 2 is 0.788 bits per heavy atom. The molecule has 10 aromatic rings. The molecule has 0 saturated heterocycles. The normalized spacial score (nSPS) is 11.5. The summed E-state index contributed by atoms with van der Waals surface area (Å²) >= 11 is 0. The molecule has 0 unspecified atom stereocenters. The van der Waals surface area contributed by atoms with Crippen LogP contribution in [0.4, 0.5) is 0 Å². The molecular formula is C49H31N3. The van der Waals surface area contributed by atoms with Crippen LogP contribution in [0.2, 0.25) is 0 Å². The summed E-state index contributed by atoms with van der Waals surface area (Å²) in [5.41, 5.74) is 9.38.